The number of benzene rings is 1. The summed E-state index contributed by atoms with van der Waals surface area (Å²) in [4.78, 5) is 17.8. The molecule has 1 aliphatic rings. The molecular formula is C19H22N2O3. The summed E-state index contributed by atoms with van der Waals surface area (Å²) in [5.41, 5.74) is 2.01. The molecule has 1 fully saturated rings. The van der Waals surface area contributed by atoms with Crippen molar-refractivity contribution < 1.29 is 14.6 Å². The van der Waals surface area contributed by atoms with Gasteiger partial charge in [0.2, 0.25) is 0 Å². The summed E-state index contributed by atoms with van der Waals surface area (Å²) in [6.45, 7) is 1.52. The Morgan fingerprint density at radius 3 is 2.71 bits per heavy atom. The molecule has 2 aromatic rings. The lowest BCUT2D eigenvalue weighted by Gasteiger charge is -2.36. The van der Waals surface area contributed by atoms with Gasteiger partial charge < -0.3 is 9.84 Å². The van der Waals surface area contributed by atoms with Gasteiger partial charge in [0.05, 0.1) is 7.11 Å². The van der Waals surface area contributed by atoms with Gasteiger partial charge in [-0.15, -0.1) is 0 Å². The summed E-state index contributed by atoms with van der Waals surface area (Å²) in [5.74, 6) is 0.497. The van der Waals surface area contributed by atoms with E-state index in [-0.39, 0.29) is 0 Å². The van der Waals surface area contributed by atoms with Gasteiger partial charge in [0, 0.05) is 12.4 Å². The molecule has 0 radical (unpaired) electrons. The molecule has 3 rings (SSSR count). The van der Waals surface area contributed by atoms with E-state index < -0.39 is 12.0 Å². The number of hydrogen-bond acceptors (Lipinski definition) is 4. The van der Waals surface area contributed by atoms with Crippen LogP contribution in [-0.2, 0) is 4.79 Å². The van der Waals surface area contributed by atoms with Crippen LogP contribution in [0.1, 0.15) is 35.9 Å². The lowest BCUT2D eigenvalue weighted by Crippen LogP contribution is -2.39. The Balaban J connectivity index is 1.70. The molecule has 126 valence electrons. The second-order valence-electron chi connectivity index (χ2n) is 6.11. The number of aliphatic carboxylic acids is 1. The van der Waals surface area contributed by atoms with E-state index in [0.29, 0.717) is 5.92 Å². The molecule has 0 amide bonds. The molecule has 5 nitrogen and oxygen atoms in total. The summed E-state index contributed by atoms with van der Waals surface area (Å²) in [7, 11) is 1.67. The first-order chi connectivity index (χ1) is 11.7. The number of hydrogen-bond donors (Lipinski definition) is 1. The highest BCUT2D eigenvalue weighted by Gasteiger charge is 2.31. The number of piperidine rings is 1. The number of nitrogens with zero attached hydrogens (tertiary/aromatic N) is 2. The number of pyridine rings is 1. The molecule has 1 aromatic heterocycles. The first kappa shape index (κ1) is 16.5. The van der Waals surface area contributed by atoms with Crippen molar-refractivity contribution in [3.63, 3.8) is 0 Å². The van der Waals surface area contributed by atoms with Gasteiger partial charge in [-0.3, -0.25) is 14.7 Å². The Morgan fingerprint density at radius 2 is 2.08 bits per heavy atom. The summed E-state index contributed by atoms with van der Waals surface area (Å²) in [5, 5.41) is 9.64. The lowest BCUT2D eigenvalue weighted by molar-refractivity contribution is -0.144. The molecule has 24 heavy (non-hydrogen) atoms. The quantitative estimate of drug-likeness (QED) is 0.915. The number of methoxy groups -OCH3 is 1. The maximum atomic E-state index is 11.7. The predicted octanol–water partition coefficient (Wildman–Crippen LogP) is 3.10. The van der Waals surface area contributed by atoms with Crippen molar-refractivity contribution in [3.8, 4) is 5.75 Å². The van der Waals surface area contributed by atoms with E-state index in [2.05, 4.69) is 17.1 Å². The molecule has 0 saturated carbocycles. The van der Waals surface area contributed by atoms with Crippen LogP contribution < -0.4 is 4.74 Å². The predicted molar refractivity (Wildman–Crippen MR) is 91.2 cm³/mol. The number of aromatic nitrogens is 1. The number of ether oxygens (including phenoxy) is 1. The standard InChI is InChI=1S/C19H22N2O3/c1-24-17-6-2-4-15(12-17)14-7-10-21(11-8-14)18(19(22)23)16-5-3-9-20-13-16/h2-6,9,12-14,18H,7-8,10-11H2,1H3,(H,22,23). The average molecular weight is 326 g/mol. The zero-order chi connectivity index (χ0) is 16.9. The molecule has 1 unspecified atom stereocenters. The molecule has 1 aromatic carbocycles. The summed E-state index contributed by atoms with van der Waals surface area (Å²) >= 11 is 0. The van der Waals surface area contributed by atoms with Crippen molar-refractivity contribution in [2.75, 3.05) is 20.2 Å². The van der Waals surface area contributed by atoms with Gasteiger partial charge in [-0.25, -0.2) is 0 Å². The van der Waals surface area contributed by atoms with E-state index in [1.165, 1.54) is 5.56 Å². The zero-order valence-corrected chi connectivity index (χ0v) is 13.8. The van der Waals surface area contributed by atoms with E-state index in [0.717, 1.165) is 37.2 Å². The van der Waals surface area contributed by atoms with Crippen molar-refractivity contribution in [3.05, 3.63) is 59.9 Å². The number of carboxylic acids is 1. The molecule has 1 atom stereocenters. The molecule has 0 bridgehead atoms. The van der Waals surface area contributed by atoms with Gasteiger partial charge in [-0.1, -0.05) is 18.2 Å². The Morgan fingerprint density at radius 1 is 1.29 bits per heavy atom. The molecule has 0 aliphatic carbocycles. The third kappa shape index (κ3) is 3.57. The average Bonchev–Trinajstić information content (AvgIpc) is 2.63. The number of rotatable bonds is 5. The minimum Gasteiger partial charge on any atom is -0.497 e. The van der Waals surface area contributed by atoms with Crippen LogP contribution in [0.2, 0.25) is 0 Å². The van der Waals surface area contributed by atoms with E-state index in [1.54, 1.807) is 25.6 Å². The molecular weight excluding hydrogens is 304 g/mol. The molecule has 5 heteroatoms. The van der Waals surface area contributed by atoms with Crippen molar-refractivity contribution >= 4 is 5.97 Å². The number of likely N-dealkylation sites (tertiary alicyclic amines) is 1. The summed E-state index contributed by atoms with van der Waals surface area (Å²) < 4.78 is 5.30. The van der Waals surface area contributed by atoms with Gasteiger partial charge in [0.1, 0.15) is 11.8 Å². The van der Waals surface area contributed by atoms with E-state index in [9.17, 15) is 9.90 Å². The second-order valence-corrected chi connectivity index (χ2v) is 6.11. The Labute approximate surface area is 141 Å². The Hall–Kier alpha value is -2.40. The first-order valence-electron chi connectivity index (χ1n) is 8.20. The fourth-order valence-corrected chi connectivity index (χ4v) is 3.43. The zero-order valence-electron chi connectivity index (χ0n) is 13.8. The fourth-order valence-electron chi connectivity index (χ4n) is 3.43. The van der Waals surface area contributed by atoms with Gasteiger partial charge in [0.25, 0.3) is 0 Å². The third-order valence-electron chi connectivity index (χ3n) is 4.69. The van der Waals surface area contributed by atoms with E-state index >= 15 is 0 Å². The van der Waals surface area contributed by atoms with Gasteiger partial charge in [0.15, 0.2) is 0 Å². The molecule has 2 heterocycles. The topological polar surface area (TPSA) is 62.7 Å². The highest BCUT2D eigenvalue weighted by atomic mass is 16.5. The minimum atomic E-state index is -0.817. The summed E-state index contributed by atoms with van der Waals surface area (Å²) in [6, 6.07) is 11.2. The van der Waals surface area contributed by atoms with Crippen LogP contribution in [0.5, 0.6) is 5.75 Å². The van der Waals surface area contributed by atoms with E-state index in [4.69, 9.17) is 4.74 Å². The van der Waals surface area contributed by atoms with Crippen LogP contribution in [0.3, 0.4) is 0 Å². The maximum absolute atomic E-state index is 11.7. The number of carboxylic acid groups (broad SMARTS) is 1. The highest BCUT2D eigenvalue weighted by Crippen LogP contribution is 2.33. The van der Waals surface area contributed by atoms with E-state index in [1.807, 2.05) is 23.1 Å². The van der Waals surface area contributed by atoms with Crippen molar-refractivity contribution in [1.29, 1.82) is 0 Å². The molecule has 1 saturated heterocycles. The van der Waals surface area contributed by atoms with Gasteiger partial charge in [-0.2, -0.15) is 0 Å². The van der Waals surface area contributed by atoms with Crippen LogP contribution in [0.4, 0.5) is 0 Å². The summed E-state index contributed by atoms with van der Waals surface area (Å²) in [6.07, 6.45) is 5.19. The number of carbonyl (C=O) groups is 1. The highest BCUT2D eigenvalue weighted by molar-refractivity contribution is 5.75. The lowest BCUT2D eigenvalue weighted by atomic mass is 9.88. The van der Waals surface area contributed by atoms with Gasteiger partial charge >= 0.3 is 5.97 Å². The van der Waals surface area contributed by atoms with Crippen LogP contribution in [0.15, 0.2) is 48.8 Å². The molecule has 1 aliphatic heterocycles. The van der Waals surface area contributed by atoms with Crippen molar-refractivity contribution in [2.24, 2.45) is 0 Å². The minimum absolute atomic E-state index is 0.444. The van der Waals surface area contributed by atoms with Crippen molar-refractivity contribution in [2.45, 2.75) is 24.8 Å². The Kier molecular flexibility index (Phi) is 5.11. The monoisotopic (exact) mass is 326 g/mol. The third-order valence-corrected chi connectivity index (χ3v) is 4.69. The fraction of sp³-hybridized carbons (Fsp3) is 0.368. The Bertz CT molecular complexity index is 682. The first-order valence-corrected chi connectivity index (χ1v) is 8.20. The molecule has 0 spiro atoms. The van der Waals surface area contributed by atoms with Gasteiger partial charge in [-0.05, 0) is 61.2 Å². The van der Waals surface area contributed by atoms with Crippen LogP contribution in [0.25, 0.3) is 0 Å². The molecule has 1 N–H and O–H groups in total. The largest absolute Gasteiger partial charge is 0.497 e. The second kappa shape index (κ2) is 7.45. The SMILES string of the molecule is COc1cccc(C2CCN(C(C(=O)O)c3cccnc3)CC2)c1. The van der Waals surface area contributed by atoms with Crippen LogP contribution in [0, 0.1) is 0 Å². The van der Waals surface area contributed by atoms with Crippen LogP contribution >= 0.6 is 0 Å². The smallest absolute Gasteiger partial charge is 0.325 e. The van der Waals surface area contributed by atoms with Crippen LogP contribution in [-0.4, -0.2) is 41.2 Å². The normalized spacial score (nSPS) is 17.4. The van der Waals surface area contributed by atoms with Crippen molar-refractivity contribution in [1.82, 2.24) is 9.88 Å². The maximum Gasteiger partial charge on any atom is 0.325 e.